The number of carbonyl (C=O) groups excluding carboxylic acids is 1. The van der Waals surface area contributed by atoms with E-state index in [4.69, 9.17) is 0 Å². The van der Waals surface area contributed by atoms with Crippen LogP contribution in [0.5, 0.6) is 0 Å². The van der Waals surface area contributed by atoms with E-state index in [0.29, 0.717) is 0 Å². The second-order valence-electron chi connectivity index (χ2n) is 4.20. The summed E-state index contributed by atoms with van der Waals surface area (Å²) in [5.41, 5.74) is 3.26. The zero-order valence-electron chi connectivity index (χ0n) is 10.2. The molecule has 0 saturated carbocycles. The minimum atomic E-state index is 0.894. The number of rotatable bonds is 6. The topological polar surface area (TPSA) is 17.1 Å². The van der Waals surface area contributed by atoms with Crippen LogP contribution in [0.25, 0.3) is 6.08 Å². The van der Waals surface area contributed by atoms with E-state index in [1.54, 1.807) is 0 Å². The number of unbranched alkanes of at least 4 members (excludes halogenated alkanes) is 2. The zero-order valence-corrected chi connectivity index (χ0v) is 10.2. The van der Waals surface area contributed by atoms with Crippen molar-refractivity contribution >= 4 is 12.4 Å². The van der Waals surface area contributed by atoms with Gasteiger partial charge >= 0.3 is 0 Å². The Labute approximate surface area is 98.2 Å². The van der Waals surface area contributed by atoms with Crippen molar-refractivity contribution in [3.05, 3.63) is 41.0 Å². The van der Waals surface area contributed by atoms with E-state index in [2.05, 4.69) is 38.1 Å². The van der Waals surface area contributed by atoms with Gasteiger partial charge in [-0.3, -0.25) is 4.79 Å². The van der Waals surface area contributed by atoms with Crippen LogP contribution in [0.15, 0.2) is 29.8 Å². The normalized spacial score (nSPS) is 11.5. The zero-order chi connectivity index (χ0) is 11.8. The Kier molecular flexibility index (Phi) is 5.55. The SMILES string of the molecule is CCCCCC(C=O)=Cc1ccc(C)cc1. The van der Waals surface area contributed by atoms with Gasteiger partial charge in [-0.15, -0.1) is 0 Å². The molecular weight excluding hydrogens is 196 g/mol. The monoisotopic (exact) mass is 216 g/mol. The Morgan fingerprint density at radius 2 is 1.88 bits per heavy atom. The molecule has 0 fully saturated rings. The van der Waals surface area contributed by atoms with Crippen LogP contribution in [0.4, 0.5) is 0 Å². The standard InChI is InChI=1S/C15H20O/c1-3-4-5-6-15(12-16)11-14-9-7-13(2)8-10-14/h7-12H,3-6H2,1-2H3. The summed E-state index contributed by atoms with van der Waals surface area (Å²) in [6, 6.07) is 8.25. The van der Waals surface area contributed by atoms with Crippen molar-refractivity contribution in [2.45, 2.75) is 39.5 Å². The Morgan fingerprint density at radius 3 is 2.44 bits per heavy atom. The van der Waals surface area contributed by atoms with E-state index in [-0.39, 0.29) is 0 Å². The van der Waals surface area contributed by atoms with E-state index in [0.717, 1.165) is 30.3 Å². The number of aldehydes is 1. The molecule has 0 aliphatic carbocycles. The lowest BCUT2D eigenvalue weighted by atomic mass is 10.0. The predicted octanol–water partition coefficient (Wildman–Crippen LogP) is 4.16. The average molecular weight is 216 g/mol. The van der Waals surface area contributed by atoms with Crippen molar-refractivity contribution in [2.24, 2.45) is 0 Å². The Hall–Kier alpha value is -1.37. The van der Waals surface area contributed by atoms with Gasteiger partial charge in [0, 0.05) is 0 Å². The van der Waals surface area contributed by atoms with Crippen molar-refractivity contribution in [3.63, 3.8) is 0 Å². The molecule has 0 atom stereocenters. The summed E-state index contributed by atoms with van der Waals surface area (Å²) in [4.78, 5) is 10.9. The highest BCUT2D eigenvalue weighted by Crippen LogP contribution is 2.12. The minimum Gasteiger partial charge on any atom is -0.298 e. The summed E-state index contributed by atoms with van der Waals surface area (Å²) in [5, 5.41) is 0. The number of carbonyl (C=O) groups is 1. The predicted molar refractivity (Wildman–Crippen MR) is 69.4 cm³/mol. The second kappa shape index (κ2) is 7.00. The van der Waals surface area contributed by atoms with Crippen LogP contribution in [-0.4, -0.2) is 6.29 Å². The molecule has 0 saturated heterocycles. The molecule has 1 heteroatoms. The largest absolute Gasteiger partial charge is 0.298 e. The van der Waals surface area contributed by atoms with Gasteiger partial charge in [0.25, 0.3) is 0 Å². The molecule has 86 valence electrons. The van der Waals surface area contributed by atoms with Crippen LogP contribution in [-0.2, 0) is 4.79 Å². The maximum absolute atomic E-state index is 10.9. The molecule has 0 heterocycles. The fourth-order valence-corrected chi connectivity index (χ4v) is 1.62. The van der Waals surface area contributed by atoms with Gasteiger partial charge in [-0.1, -0.05) is 49.6 Å². The highest BCUT2D eigenvalue weighted by molar-refractivity contribution is 5.81. The molecule has 0 aliphatic heterocycles. The van der Waals surface area contributed by atoms with Crippen molar-refractivity contribution < 1.29 is 4.79 Å². The molecule has 0 radical (unpaired) electrons. The Bertz CT molecular complexity index is 346. The van der Waals surface area contributed by atoms with Gasteiger partial charge in [0.15, 0.2) is 0 Å². The van der Waals surface area contributed by atoms with Gasteiger partial charge in [0.1, 0.15) is 6.29 Å². The summed E-state index contributed by atoms with van der Waals surface area (Å²) < 4.78 is 0. The van der Waals surface area contributed by atoms with Crippen LogP contribution in [0.1, 0.15) is 43.7 Å². The van der Waals surface area contributed by atoms with Gasteiger partial charge in [-0.25, -0.2) is 0 Å². The molecule has 0 bridgehead atoms. The van der Waals surface area contributed by atoms with Gasteiger partial charge in [-0.05, 0) is 37.0 Å². The molecule has 1 aromatic rings. The first kappa shape index (κ1) is 12.7. The first-order valence-electron chi connectivity index (χ1n) is 5.98. The fraction of sp³-hybridized carbons (Fsp3) is 0.400. The van der Waals surface area contributed by atoms with Gasteiger partial charge in [0.2, 0.25) is 0 Å². The number of allylic oxidation sites excluding steroid dienone is 1. The van der Waals surface area contributed by atoms with E-state index in [9.17, 15) is 4.79 Å². The summed E-state index contributed by atoms with van der Waals surface area (Å²) >= 11 is 0. The highest BCUT2D eigenvalue weighted by atomic mass is 16.1. The Morgan fingerprint density at radius 1 is 1.19 bits per heavy atom. The van der Waals surface area contributed by atoms with Crippen LogP contribution in [0.3, 0.4) is 0 Å². The summed E-state index contributed by atoms with van der Waals surface area (Å²) in [7, 11) is 0. The third kappa shape index (κ3) is 4.43. The van der Waals surface area contributed by atoms with Crippen molar-refractivity contribution in [1.29, 1.82) is 0 Å². The van der Waals surface area contributed by atoms with E-state index >= 15 is 0 Å². The molecule has 16 heavy (non-hydrogen) atoms. The highest BCUT2D eigenvalue weighted by Gasteiger charge is 1.96. The van der Waals surface area contributed by atoms with Crippen LogP contribution >= 0.6 is 0 Å². The van der Waals surface area contributed by atoms with Gasteiger partial charge in [-0.2, -0.15) is 0 Å². The first-order valence-corrected chi connectivity index (χ1v) is 5.98. The Balaban J connectivity index is 2.64. The van der Waals surface area contributed by atoms with Crippen LogP contribution < -0.4 is 0 Å². The maximum Gasteiger partial charge on any atom is 0.146 e. The quantitative estimate of drug-likeness (QED) is 0.396. The summed E-state index contributed by atoms with van der Waals surface area (Å²) in [6.07, 6.45) is 7.35. The van der Waals surface area contributed by atoms with E-state index in [1.807, 2.05) is 6.08 Å². The second-order valence-corrected chi connectivity index (χ2v) is 4.20. The molecule has 1 rings (SSSR count). The number of aryl methyl sites for hydroxylation is 1. The van der Waals surface area contributed by atoms with Crippen LogP contribution in [0.2, 0.25) is 0 Å². The fourth-order valence-electron chi connectivity index (χ4n) is 1.62. The first-order chi connectivity index (χ1) is 7.76. The average Bonchev–Trinajstić information content (AvgIpc) is 2.31. The smallest absolute Gasteiger partial charge is 0.146 e. The van der Waals surface area contributed by atoms with Gasteiger partial charge < -0.3 is 0 Å². The number of hydrogen-bond acceptors (Lipinski definition) is 1. The van der Waals surface area contributed by atoms with E-state index < -0.39 is 0 Å². The van der Waals surface area contributed by atoms with Crippen molar-refractivity contribution in [1.82, 2.24) is 0 Å². The third-order valence-electron chi connectivity index (χ3n) is 2.65. The lowest BCUT2D eigenvalue weighted by molar-refractivity contribution is -0.105. The molecule has 0 amide bonds. The van der Waals surface area contributed by atoms with Gasteiger partial charge in [0.05, 0.1) is 0 Å². The van der Waals surface area contributed by atoms with Crippen molar-refractivity contribution in [3.8, 4) is 0 Å². The lowest BCUT2D eigenvalue weighted by Crippen LogP contribution is -1.86. The minimum absolute atomic E-state index is 0.894. The maximum atomic E-state index is 10.9. The molecule has 0 unspecified atom stereocenters. The molecular formula is C15H20O. The summed E-state index contributed by atoms with van der Waals surface area (Å²) in [6.45, 7) is 4.24. The van der Waals surface area contributed by atoms with E-state index in [1.165, 1.54) is 18.4 Å². The molecule has 0 aliphatic rings. The molecule has 0 spiro atoms. The number of benzene rings is 1. The molecule has 1 aromatic carbocycles. The molecule has 0 N–H and O–H groups in total. The number of hydrogen-bond donors (Lipinski definition) is 0. The molecule has 1 nitrogen and oxygen atoms in total. The third-order valence-corrected chi connectivity index (χ3v) is 2.65. The summed E-state index contributed by atoms with van der Waals surface area (Å²) in [5.74, 6) is 0. The van der Waals surface area contributed by atoms with Crippen LogP contribution in [0, 0.1) is 6.92 Å². The lowest BCUT2D eigenvalue weighted by Gasteiger charge is -2.00. The molecule has 0 aromatic heterocycles. The van der Waals surface area contributed by atoms with Crippen molar-refractivity contribution in [2.75, 3.05) is 0 Å².